The van der Waals surface area contributed by atoms with Crippen LogP contribution in [0.15, 0.2) is 22.7 Å². The number of halogens is 2. The van der Waals surface area contributed by atoms with Crippen molar-refractivity contribution in [3.8, 4) is 0 Å². The Morgan fingerprint density at radius 1 is 1.56 bits per heavy atom. The molecule has 1 aromatic carbocycles. The Labute approximate surface area is 103 Å². The highest BCUT2D eigenvalue weighted by molar-refractivity contribution is 9.10. The number of nitrogens with one attached hydrogen (secondary N) is 1. The summed E-state index contributed by atoms with van der Waals surface area (Å²) in [6.07, 6.45) is 1.57. The van der Waals surface area contributed by atoms with Gasteiger partial charge in [0.25, 0.3) is 0 Å². The number of hydrogen-bond donors (Lipinski definition) is 2. The summed E-state index contributed by atoms with van der Waals surface area (Å²) in [5, 5.41) is 0. The first-order valence-electron chi connectivity index (χ1n) is 5.09. The average molecular weight is 291 g/mol. The second kappa shape index (κ2) is 6.96. The lowest BCUT2D eigenvalue weighted by molar-refractivity contribution is 0.188. The first kappa shape index (κ1) is 13.6. The van der Waals surface area contributed by atoms with E-state index in [1.54, 1.807) is 19.2 Å². The largest absolute Gasteiger partial charge is 0.385 e. The standard InChI is InChI=1S/C11H16BrFN2O/c1-16-6-2-3-11(15-14)9-5-4-8(12)7-10(9)13/h4-5,7,11,15H,2-3,6,14H2,1H3. The first-order valence-corrected chi connectivity index (χ1v) is 5.88. The molecule has 16 heavy (non-hydrogen) atoms. The zero-order chi connectivity index (χ0) is 12.0. The molecular formula is C11H16BrFN2O. The van der Waals surface area contributed by atoms with Crippen molar-refractivity contribution in [2.45, 2.75) is 18.9 Å². The minimum absolute atomic E-state index is 0.178. The molecule has 0 amide bonds. The van der Waals surface area contributed by atoms with E-state index in [2.05, 4.69) is 21.4 Å². The van der Waals surface area contributed by atoms with E-state index in [9.17, 15) is 4.39 Å². The van der Waals surface area contributed by atoms with Crippen molar-refractivity contribution in [1.29, 1.82) is 0 Å². The quantitative estimate of drug-likeness (QED) is 0.481. The van der Waals surface area contributed by atoms with Crippen molar-refractivity contribution in [1.82, 2.24) is 5.43 Å². The van der Waals surface area contributed by atoms with Crippen LogP contribution >= 0.6 is 15.9 Å². The van der Waals surface area contributed by atoms with Crippen LogP contribution in [-0.4, -0.2) is 13.7 Å². The summed E-state index contributed by atoms with van der Waals surface area (Å²) < 4.78 is 19.3. The lowest BCUT2D eigenvalue weighted by Crippen LogP contribution is -2.28. The van der Waals surface area contributed by atoms with Crippen LogP contribution < -0.4 is 11.3 Å². The van der Waals surface area contributed by atoms with Crippen molar-refractivity contribution in [2.24, 2.45) is 5.84 Å². The number of hydrazine groups is 1. The summed E-state index contributed by atoms with van der Waals surface area (Å²) in [6.45, 7) is 0.649. The summed E-state index contributed by atoms with van der Waals surface area (Å²) in [5.74, 6) is 5.17. The summed E-state index contributed by atoms with van der Waals surface area (Å²) in [6, 6.07) is 4.80. The monoisotopic (exact) mass is 290 g/mol. The number of methoxy groups -OCH3 is 1. The van der Waals surface area contributed by atoms with Gasteiger partial charge in [-0.1, -0.05) is 22.0 Å². The number of ether oxygens (including phenoxy) is 1. The van der Waals surface area contributed by atoms with Gasteiger partial charge >= 0.3 is 0 Å². The maximum absolute atomic E-state index is 13.6. The highest BCUT2D eigenvalue weighted by Gasteiger charge is 2.13. The lowest BCUT2D eigenvalue weighted by atomic mass is 10.0. The molecule has 0 aromatic heterocycles. The van der Waals surface area contributed by atoms with E-state index in [1.165, 1.54) is 6.07 Å². The van der Waals surface area contributed by atoms with Gasteiger partial charge in [0.15, 0.2) is 0 Å². The molecule has 0 radical (unpaired) electrons. The summed E-state index contributed by atoms with van der Waals surface area (Å²) >= 11 is 3.22. The maximum Gasteiger partial charge on any atom is 0.129 e. The Morgan fingerprint density at radius 3 is 2.88 bits per heavy atom. The molecule has 1 unspecified atom stereocenters. The van der Waals surface area contributed by atoms with Crippen LogP contribution in [0.3, 0.4) is 0 Å². The molecule has 0 spiro atoms. The van der Waals surface area contributed by atoms with Gasteiger partial charge in [0.2, 0.25) is 0 Å². The van der Waals surface area contributed by atoms with E-state index >= 15 is 0 Å². The summed E-state index contributed by atoms with van der Waals surface area (Å²) in [7, 11) is 1.64. The van der Waals surface area contributed by atoms with E-state index in [4.69, 9.17) is 10.6 Å². The molecule has 1 aromatic rings. The fourth-order valence-corrected chi connectivity index (χ4v) is 1.88. The number of benzene rings is 1. The van der Waals surface area contributed by atoms with Crippen LogP contribution in [0.1, 0.15) is 24.4 Å². The number of hydrogen-bond acceptors (Lipinski definition) is 3. The molecule has 5 heteroatoms. The highest BCUT2D eigenvalue weighted by Crippen LogP contribution is 2.23. The summed E-state index contributed by atoms with van der Waals surface area (Å²) in [5.41, 5.74) is 3.21. The van der Waals surface area contributed by atoms with Gasteiger partial charge in [0, 0.05) is 29.8 Å². The van der Waals surface area contributed by atoms with Crippen LogP contribution in [0.25, 0.3) is 0 Å². The molecule has 0 aliphatic heterocycles. The van der Waals surface area contributed by atoms with Gasteiger partial charge in [0.05, 0.1) is 0 Å². The smallest absolute Gasteiger partial charge is 0.129 e. The number of rotatable bonds is 6. The Balaban J connectivity index is 2.70. The third-order valence-corrected chi connectivity index (χ3v) is 2.87. The zero-order valence-electron chi connectivity index (χ0n) is 9.17. The van der Waals surface area contributed by atoms with Gasteiger partial charge in [-0.2, -0.15) is 0 Å². The topological polar surface area (TPSA) is 47.3 Å². The molecule has 0 aliphatic carbocycles. The molecule has 1 rings (SSSR count). The van der Waals surface area contributed by atoms with Gasteiger partial charge in [0.1, 0.15) is 5.82 Å². The predicted octanol–water partition coefficient (Wildman–Crippen LogP) is 2.52. The SMILES string of the molecule is COCCCC(NN)c1ccc(Br)cc1F. The van der Waals surface area contributed by atoms with E-state index in [1.807, 2.05) is 0 Å². The molecule has 3 N–H and O–H groups in total. The van der Waals surface area contributed by atoms with Crippen LogP contribution in [-0.2, 0) is 4.74 Å². The fourth-order valence-electron chi connectivity index (χ4n) is 1.54. The van der Waals surface area contributed by atoms with E-state index in [-0.39, 0.29) is 11.9 Å². The zero-order valence-corrected chi connectivity index (χ0v) is 10.8. The third-order valence-electron chi connectivity index (χ3n) is 2.38. The van der Waals surface area contributed by atoms with Crippen molar-refractivity contribution >= 4 is 15.9 Å². The number of nitrogens with two attached hydrogens (primary N) is 1. The molecule has 0 fully saturated rings. The minimum atomic E-state index is -0.255. The Morgan fingerprint density at radius 2 is 2.31 bits per heavy atom. The normalized spacial score (nSPS) is 12.8. The Hall–Kier alpha value is -0.490. The van der Waals surface area contributed by atoms with Crippen LogP contribution in [0.5, 0.6) is 0 Å². The van der Waals surface area contributed by atoms with Gasteiger partial charge in [-0.3, -0.25) is 11.3 Å². The van der Waals surface area contributed by atoms with E-state index < -0.39 is 0 Å². The first-order chi connectivity index (χ1) is 7.69. The molecular weight excluding hydrogens is 275 g/mol. The minimum Gasteiger partial charge on any atom is -0.385 e. The second-order valence-corrected chi connectivity index (χ2v) is 4.44. The van der Waals surface area contributed by atoms with Crippen molar-refractivity contribution < 1.29 is 9.13 Å². The molecule has 0 saturated carbocycles. The van der Waals surface area contributed by atoms with Crippen molar-refractivity contribution in [2.75, 3.05) is 13.7 Å². The van der Waals surface area contributed by atoms with Crippen molar-refractivity contribution in [3.63, 3.8) is 0 Å². The fraction of sp³-hybridized carbons (Fsp3) is 0.455. The van der Waals surface area contributed by atoms with Crippen LogP contribution in [0.2, 0.25) is 0 Å². The summed E-state index contributed by atoms with van der Waals surface area (Å²) in [4.78, 5) is 0. The molecule has 3 nitrogen and oxygen atoms in total. The lowest BCUT2D eigenvalue weighted by Gasteiger charge is -2.16. The van der Waals surface area contributed by atoms with E-state index in [0.717, 1.165) is 17.3 Å². The Kier molecular flexibility index (Phi) is 5.90. The predicted molar refractivity (Wildman–Crippen MR) is 65.3 cm³/mol. The molecule has 0 saturated heterocycles. The van der Waals surface area contributed by atoms with E-state index in [0.29, 0.717) is 12.2 Å². The Bertz CT molecular complexity index is 336. The highest BCUT2D eigenvalue weighted by atomic mass is 79.9. The van der Waals surface area contributed by atoms with Gasteiger partial charge in [-0.15, -0.1) is 0 Å². The van der Waals surface area contributed by atoms with Gasteiger partial charge in [-0.25, -0.2) is 4.39 Å². The van der Waals surface area contributed by atoms with Crippen LogP contribution in [0.4, 0.5) is 4.39 Å². The van der Waals surface area contributed by atoms with Crippen molar-refractivity contribution in [3.05, 3.63) is 34.1 Å². The van der Waals surface area contributed by atoms with Gasteiger partial charge in [-0.05, 0) is 25.0 Å². The van der Waals surface area contributed by atoms with Gasteiger partial charge < -0.3 is 4.74 Å². The van der Waals surface area contributed by atoms with Crippen LogP contribution in [0, 0.1) is 5.82 Å². The molecule has 1 atom stereocenters. The average Bonchev–Trinajstić information content (AvgIpc) is 2.26. The molecule has 0 aliphatic rings. The maximum atomic E-state index is 13.6. The molecule has 0 bridgehead atoms. The molecule has 0 heterocycles. The molecule has 90 valence electrons. The third kappa shape index (κ3) is 3.83. The second-order valence-electron chi connectivity index (χ2n) is 3.52.